The van der Waals surface area contributed by atoms with Crippen LogP contribution in [0, 0.1) is 5.82 Å². The largest absolute Gasteiger partial charge is 0.376 e. The molecule has 1 amide bonds. The van der Waals surface area contributed by atoms with E-state index in [1.165, 1.54) is 12.1 Å². The van der Waals surface area contributed by atoms with Crippen molar-refractivity contribution in [1.82, 2.24) is 5.32 Å². The lowest BCUT2D eigenvalue weighted by atomic mass is 9.98. The highest BCUT2D eigenvalue weighted by atomic mass is 32.2. The first-order valence-electron chi connectivity index (χ1n) is 8.16. The second-order valence-electron chi connectivity index (χ2n) is 6.03. The van der Waals surface area contributed by atoms with Crippen LogP contribution in [-0.4, -0.2) is 29.1 Å². The summed E-state index contributed by atoms with van der Waals surface area (Å²) in [6.45, 7) is 0.662. The van der Waals surface area contributed by atoms with Gasteiger partial charge >= 0.3 is 0 Å². The third-order valence-corrected chi connectivity index (χ3v) is 5.24. The molecule has 0 bridgehead atoms. The quantitative estimate of drug-likeness (QED) is 0.890. The molecule has 3 atom stereocenters. The van der Waals surface area contributed by atoms with E-state index < -0.39 is 10.8 Å². The molecular weight excluding hydrogens is 341 g/mol. The zero-order valence-corrected chi connectivity index (χ0v) is 14.7. The number of carbonyl (C=O) groups excluding carboxylic acids is 1. The van der Waals surface area contributed by atoms with Crippen LogP contribution < -0.4 is 5.32 Å². The Balaban J connectivity index is 1.80. The SMILES string of the molecule is C[S@](=O)c1ccc(C(=O)N[C@@H](c2ccc(F)cc2)[C@H]2CCCO2)cc1. The van der Waals surface area contributed by atoms with Gasteiger partial charge < -0.3 is 10.1 Å². The van der Waals surface area contributed by atoms with Crippen molar-refractivity contribution in [3.05, 3.63) is 65.5 Å². The van der Waals surface area contributed by atoms with E-state index in [1.54, 1.807) is 42.7 Å². The average Bonchev–Trinajstić information content (AvgIpc) is 3.15. The molecule has 132 valence electrons. The zero-order chi connectivity index (χ0) is 17.8. The first-order chi connectivity index (χ1) is 12.0. The second-order valence-corrected chi connectivity index (χ2v) is 7.41. The third-order valence-electron chi connectivity index (χ3n) is 4.30. The normalized spacial score (nSPS) is 19.4. The molecule has 0 aromatic heterocycles. The molecule has 0 radical (unpaired) electrons. The van der Waals surface area contributed by atoms with Crippen LogP contribution in [0.4, 0.5) is 4.39 Å². The lowest BCUT2D eigenvalue weighted by Gasteiger charge is -2.25. The lowest BCUT2D eigenvalue weighted by molar-refractivity contribution is 0.0672. The molecule has 1 fully saturated rings. The number of halogens is 1. The first kappa shape index (κ1) is 17.8. The fraction of sp³-hybridized carbons (Fsp3) is 0.316. The summed E-state index contributed by atoms with van der Waals surface area (Å²) in [6, 6.07) is 12.5. The summed E-state index contributed by atoms with van der Waals surface area (Å²) in [4.78, 5) is 13.3. The summed E-state index contributed by atoms with van der Waals surface area (Å²) in [5, 5.41) is 3.00. The van der Waals surface area contributed by atoms with Gasteiger partial charge in [-0.05, 0) is 54.8 Å². The minimum atomic E-state index is -1.08. The van der Waals surface area contributed by atoms with Crippen LogP contribution in [-0.2, 0) is 15.5 Å². The van der Waals surface area contributed by atoms with E-state index in [4.69, 9.17) is 4.74 Å². The molecule has 4 nitrogen and oxygen atoms in total. The Morgan fingerprint density at radius 3 is 2.44 bits per heavy atom. The number of nitrogens with one attached hydrogen (secondary N) is 1. The van der Waals surface area contributed by atoms with Gasteiger partial charge in [-0.15, -0.1) is 0 Å². The number of benzene rings is 2. The summed E-state index contributed by atoms with van der Waals surface area (Å²) < 4.78 is 30.4. The average molecular weight is 361 g/mol. The summed E-state index contributed by atoms with van der Waals surface area (Å²) in [7, 11) is -1.08. The molecule has 25 heavy (non-hydrogen) atoms. The predicted molar refractivity (Wildman–Crippen MR) is 94.4 cm³/mol. The topological polar surface area (TPSA) is 55.4 Å². The lowest BCUT2D eigenvalue weighted by Crippen LogP contribution is -2.36. The molecule has 2 aromatic rings. The fourth-order valence-electron chi connectivity index (χ4n) is 2.95. The van der Waals surface area contributed by atoms with E-state index in [0.717, 1.165) is 18.4 Å². The van der Waals surface area contributed by atoms with E-state index in [1.807, 2.05) is 0 Å². The molecule has 1 aliphatic rings. The smallest absolute Gasteiger partial charge is 0.251 e. The molecule has 0 saturated carbocycles. The monoisotopic (exact) mass is 361 g/mol. The molecule has 1 aliphatic heterocycles. The maximum atomic E-state index is 13.2. The number of hydrogen-bond donors (Lipinski definition) is 1. The van der Waals surface area contributed by atoms with E-state index in [2.05, 4.69) is 5.32 Å². The van der Waals surface area contributed by atoms with Gasteiger partial charge in [-0.1, -0.05) is 12.1 Å². The van der Waals surface area contributed by atoms with Gasteiger partial charge in [0.2, 0.25) is 0 Å². The summed E-state index contributed by atoms with van der Waals surface area (Å²) >= 11 is 0. The molecule has 1 N–H and O–H groups in total. The van der Waals surface area contributed by atoms with E-state index >= 15 is 0 Å². The molecule has 0 aliphatic carbocycles. The molecule has 1 saturated heterocycles. The first-order valence-corrected chi connectivity index (χ1v) is 9.72. The van der Waals surface area contributed by atoms with Crippen LogP contribution in [0.5, 0.6) is 0 Å². The van der Waals surface area contributed by atoms with Gasteiger partial charge in [0.25, 0.3) is 5.91 Å². The second kappa shape index (κ2) is 7.89. The van der Waals surface area contributed by atoms with Gasteiger partial charge in [0, 0.05) is 34.1 Å². The van der Waals surface area contributed by atoms with Crippen molar-refractivity contribution in [2.75, 3.05) is 12.9 Å². The van der Waals surface area contributed by atoms with Crippen molar-refractivity contribution >= 4 is 16.7 Å². The number of carbonyl (C=O) groups is 1. The summed E-state index contributed by atoms with van der Waals surface area (Å²) in [5.74, 6) is -0.553. The van der Waals surface area contributed by atoms with Gasteiger partial charge in [0.1, 0.15) is 5.82 Å². The molecular formula is C19H20FNO3S. The van der Waals surface area contributed by atoms with E-state index in [-0.39, 0.29) is 23.9 Å². The third kappa shape index (κ3) is 4.32. The molecule has 0 spiro atoms. The zero-order valence-electron chi connectivity index (χ0n) is 13.9. The van der Waals surface area contributed by atoms with Crippen molar-refractivity contribution in [3.8, 4) is 0 Å². The maximum absolute atomic E-state index is 13.2. The van der Waals surface area contributed by atoms with Crippen LogP contribution in [0.3, 0.4) is 0 Å². The highest BCUT2D eigenvalue weighted by molar-refractivity contribution is 7.84. The predicted octanol–water partition coefficient (Wildman–Crippen LogP) is 3.21. The van der Waals surface area contributed by atoms with Crippen molar-refractivity contribution in [2.24, 2.45) is 0 Å². The Bertz CT molecular complexity index is 755. The van der Waals surface area contributed by atoms with Crippen LogP contribution in [0.2, 0.25) is 0 Å². The minimum absolute atomic E-state index is 0.128. The van der Waals surface area contributed by atoms with Gasteiger partial charge in [0.05, 0.1) is 12.1 Å². The fourth-order valence-corrected chi connectivity index (χ4v) is 3.47. The molecule has 2 aromatic carbocycles. The van der Waals surface area contributed by atoms with Crippen molar-refractivity contribution in [1.29, 1.82) is 0 Å². The number of rotatable bonds is 5. The molecule has 6 heteroatoms. The highest BCUT2D eigenvalue weighted by Crippen LogP contribution is 2.27. The molecule has 3 rings (SSSR count). The van der Waals surface area contributed by atoms with Crippen molar-refractivity contribution in [3.63, 3.8) is 0 Å². The minimum Gasteiger partial charge on any atom is -0.376 e. The number of amides is 1. The number of hydrogen-bond acceptors (Lipinski definition) is 3. The van der Waals surface area contributed by atoms with Gasteiger partial charge in [0.15, 0.2) is 0 Å². The van der Waals surface area contributed by atoms with Crippen molar-refractivity contribution in [2.45, 2.75) is 29.9 Å². The Labute approximate surface area is 148 Å². The van der Waals surface area contributed by atoms with Crippen LogP contribution in [0.25, 0.3) is 0 Å². The number of ether oxygens (including phenoxy) is 1. The Hall–Kier alpha value is -2.05. The highest BCUT2D eigenvalue weighted by Gasteiger charge is 2.29. The van der Waals surface area contributed by atoms with E-state index in [0.29, 0.717) is 17.1 Å². The summed E-state index contributed by atoms with van der Waals surface area (Å²) in [6.07, 6.45) is 3.25. The maximum Gasteiger partial charge on any atom is 0.251 e. The van der Waals surface area contributed by atoms with E-state index in [9.17, 15) is 13.4 Å². The van der Waals surface area contributed by atoms with Crippen LogP contribution in [0.15, 0.2) is 53.4 Å². The standard InChI is InChI=1S/C19H20FNO3S/c1-25(23)16-10-6-14(7-11-16)19(22)21-18(17-3-2-12-24-17)13-4-8-15(20)9-5-13/h4-11,17-18H,2-3,12H2,1H3,(H,21,22)/t17-,18+,25+/m1/s1. The Kier molecular flexibility index (Phi) is 5.60. The van der Waals surface area contributed by atoms with Crippen LogP contribution >= 0.6 is 0 Å². The van der Waals surface area contributed by atoms with Crippen LogP contribution in [0.1, 0.15) is 34.8 Å². The van der Waals surface area contributed by atoms with Crippen molar-refractivity contribution < 1.29 is 18.1 Å². The van der Waals surface area contributed by atoms with Gasteiger partial charge in [-0.2, -0.15) is 0 Å². The Morgan fingerprint density at radius 2 is 1.88 bits per heavy atom. The molecule has 0 unspecified atom stereocenters. The summed E-state index contributed by atoms with van der Waals surface area (Å²) in [5.41, 5.74) is 1.30. The molecule has 1 heterocycles. The van der Waals surface area contributed by atoms with Gasteiger partial charge in [-0.3, -0.25) is 9.00 Å². The van der Waals surface area contributed by atoms with Gasteiger partial charge in [-0.25, -0.2) is 4.39 Å². The Morgan fingerprint density at radius 1 is 1.20 bits per heavy atom.